The van der Waals surface area contributed by atoms with E-state index >= 15 is 0 Å². The van der Waals surface area contributed by atoms with Gasteiger partial charge < -0.3 is 33.9 Å². The predicted octanol–water partition coefficient (Wildman–Crippen LogP) is 3.06. The van der Waals surface area contributed by atoms with Crippen LogP contribution in [-0.4, -0.2) is 130 Å². The molecular formula is C41H55N9O10. The molecule has 4 amide bonds. The van der Waals surface area contributed by atoms with Gasteiger partial charge in [0.15, 0.2) is 5.82 Å². The monoisotopic (exact) mass is 833 g/mol. The SMILES string of the molecule is Cn1c(=O)n(C2CCC(=O)NC2=O)c2ccc(CCCOCCOCCOCCOCCn3nccc3C(=O)Nc3cc([C@H]4CC[C@@H](OC(=O)N5CCCC5)C4)[nH]n3)cc21. The number of carbonyl (C=O) groups is 4. The molecule has 4 aromatic rings. The molecule has 0 spiro atoms. The van der Waals surface area contributed by atoms with Gasteiger partial charge in [-0.15, -0.1) is 0 Å². The maximum Gasteiger partial charge on any atom is 0.410 e. The third-order valence-corrected chi connectivity index (χ3v) is 11.2. The molecule has 0 bridgehead atoms. The highest BCUT2D eigenvalue weighted by atomic mass is 16.6. The first-order valence-electron chi connectivity index (χ1n) is 20.9. The topological polar surface area (TPSA) is 215 Å². The fourth-order valence-corrected chi connectivity index (χ4v) is 8.03. The summed E-state index contributed by atoms with van der Waals surface area (Å²) in [5.41, 5.74) is 3.49. The molecule has 0 radical (unpaired) electrons. The lowest BCUT2D eigenvalue weighted by Gasteiger charge is -2.21. The molecule has 60 heavy (non-hydrogen) atoms. The number of hydrogen-bond acceptors (Lipinski definition) is 12. The van der Waals surface area contributed by atoms with E-state index in [-0.39, 0.29) is 42.0 Å². The standard InChI is InChI=1S/C41H55N9O10/c1-47-35-25-28(6-9-32(35)50(40(47)54)34-10-11-37(51)44-39(34)53)5-4-17-56-19-21-58-23-24-59-22-20-57-18-16-49-33(12-13-42-49)38(52)43-36-27-31(45-46-36)29-7-8-30(26-29)60-41(55)48-14-2-3-15-48/h6,9,12-13,25,27,29-30,34H,2-5,7-8,10-11,14-24,26H2,1H3,(H,44,51,53)(H2,43,45,46,52)/t29-,30+,34?/m0/s1. The van der Waals surface area contributed by atoms with Gasteiger partial charge in [-0.2, -0.15) is 10.2 Å². The molecule has 3 fully saturated rings. The average molecular weight is 834 g/mol. The minimum atomic E-state index is -0.702. The fraction of sp³-hybridized carbons (Fsp3) is 0.585. The highest BCUT2D eigenvalue weighted by Crippen LogP contribution is 2.36. The second-order valence-corrected chi connectivity index (χ2v) is 15.4. The number of hydrogen-bond donors (Lipinski definition) is 3. The number of aromatic nitrogens is 6. The fourth-order valence-electron chi connectivity index (χ4n) is 8.03. The Morgan fingerprint density at radius 1 is 0.867 bits per heavy atom. The number of nitrogens with zero attached hydrogens (tertiary/aromatic N) is 6. The molecule has 2 aliphatic heterocycles. The number of anilines is 1. The van der Waals surface area contributed by atoms with E-state index in [1.807, 2.05) is 24.3 Å². The van der Waals surface area contributed by atoms with Gasteiger partial charge in [-0.3, -0.25) is 38.6 Å². The molecule has 19 nitrogen and oxygen atoms in total. The van der Waals surface area contributed by atoms with E-state index in [9.17, 15) is 24.0 Å². The van der Waals surface area contributed by atoms with Crippen LogP contribution in [0.4, 0.5) is 10.6 Å². The van der Waals surface area contributed by atoms with E-state index in [4.69, 9.17) is 23.7 Å². The number of H-pyrrole nitrogens is 1. The first-order chi connectivity index (χ1) is 29.2. The van der Waals surface area contributed by atoms with Crippen LogP contribution in [0.2, 0.25) is 0 Å². The number of fused-ring (bicyclic) bond motifs is 1. The Morgan fingerprint density at radius 3 is 2.35 bits per heavy atom. The van der Waals surface area contributed by atoms with Gasteiger partial charge in [0.25, 0.3) is 5.91 Å². The summed E-state index contributed by atoms with van der Waals surface area (Å²) in [6, 6.07) is 8.57. The van der Waals surface area contributed by atoms with Crippen molar-refractivity contribution in [1.29, 1.82) is 0 Å². The van der Waals surface area contributed by atoms with Gasteiger partial charge in [-0.25, -0.2) is 9.59 Å². The van der Waals surface area contributed by atoms with Crippen molar-refractivity contribution in [3.63, 3.8) is 0 Å². The van der Waals surface area contributed by atoms with E-state index in [1.54, 1.807) is 33.5 Å². The molecule has 2 saturated heterocycles. The number of carbonyl (C=O) groups excluding carboxylic acids is 4. The van der Waals surface area contributed by atoms with Crippen LogP contribution in [0.25, 0.3) is 11.0 Å². The van der Waals surface area contributed by atoms with Gasteiger partial charge >= 0.3 is 11.8 Å². The van der Waals surface area contributed by atoms with Crippen LogP contribution < -0.4 is 16.3 Å². The lowest BCUT2D eigenvalue weighted by molar-refractivity contribution is -0.135. The van der Waals surface area contributed by atoms with Gasteiger partial charge in [-0.1, -0.05) is 6.07 Å². The van der Waals surface area contributed by atoms with Crippen molar-refractivity contribution in [2.24, 2.45) is 7.05 Å². The molecule has 3 aromatic heterocycles. The summed E-state index contributed by atoms with van der Waals surface area (Å²) in [4.78, 5) is 64.2. The minimum Gasteiger partial charge on any atom is -0.446 e. The number of aryl methyl sites for hydroxylation is 2. The Kier molecular flexibility index (Phi) is 14.8. The predicted molar refractivity (Wildman–Crippen MR) is 217 cm³/mol. The summed E-state index contributed by atoms with van der Waals surface area (Å²) in [5, 5.41) is 16.8. The summed E-state index contributed by atoms with van der Waals surface area (Å²) in [5.74, 6) is -0.488. The Labute approximate surface area is 347 Å². The molecule has 3 N–H and O–H groups in total. The van der Waals surface area contributed by atoms with Crippen LogP contribution >= 0.6 is 0 Å². The third-order valence-electron chi connectivity index (χ3n) is 11.2. The highest BCUT2D eigenvalue weighted by molar-refractivity contribution is 6.02. The molecule has 1 aliphatic carbocycles. The number of rotatable bonds is 21. The quantitative estimate of drug-likeness (QED) is 0.0816. The number of imidazole rings is 1. The van der Waals surface area contributed by atoms with Crippen LogP contribution in [-0.2, 0) is 53.3 Å². The molecule has 1 unspecified atom stereocenters. The van der Waals surface area contributed by atoms with Crippen LogP contribution in [0.3, 0.4) is 0 Å². The second kappa shape index (κ2) is 20.7. The number of nitrogens with one attached hydrogen (secondary N) is 3. The van der Waals surface area contributed by atoms with Crippen LogP contribution in [0, 0.1) is 0 Å². The molecule has 1 aromatic carbocycles. The summed E-state index contributed by atoms with van der Waals surface area (Å²) in [6.07, 6.45) is 7.76. The number of aromatic amines is 1. The van der Waals surface area contributed by atoms with Crippen molar-refractivity contribution in [2.45, 2.75) is 82.4 Å². The largest absolute Gasteiger partial charge is 0.446 e. The highest BCUT2D eigenvalue weighted by Gasteiger charge is 2.33. The van der Waals surface area contributed by atoms with Crippen molar-refractivity contribution in [2.75, 3.05) is 71.3 Å². The van der Waals surface area contributed by atoms with Crippen LogP contribution in [0.1, 0.15) is 85.1 Å². The van der Waals surface area contributed by atoms with E-state index in [0.29, 0.717) is 82.8 Å². The molecule has 7 rings (SSSR count). The normalized spacial score (nSPS) is 19.4. The van der Waals surface area contributed by atoms with Crippen molar-refractivity contribution >= 4 is 40.7 Å². The van der Waals surface area contributed by atoms with Crippen molar-refractivity contribution < 1.29 is 42.9 Å². The molecule has 3 atom stereocenters. The molecule has 3 aliphatic rings. The van der Waals surface area contributed by atoms with Crippen molar-refractivity contribution in [3.8, 4) is 0 Å². The summed E-state index contributed by atoms with van der Waals surface area (Å²) in [6.45, 7) is 5.38. The molecule has 324 valence electrons. The summed E-state index contributed by atoms with van der Waals surface area (Å²) in [7, 11) is 1.69. The maximum absolute atomic E-state index is 13.0. The average Bonchev–Trinajstić information content (AvgIpc) is 4.10. The Morgan fingerprint density at radius 2 is 1.60 bits per heavy atom. The number of benzene rings is 1. The lowest BCUT2D eigenvalue weighted by atomic mass is 10.0. The first-order valence-corrected chi connectivity index (χ1v) is 20.9. The minimum absolute atomic E-state index is 0.114. The van der Waals surface area contributed by atoms with Gasteiger partial charge in [0, 0.05) is 57.0 Å². The zero-order valence-electron chi connectivity index (χ0n) is 34.1. The Bertz CT molecular complexity index is 2150. The first kappa shape index (κ1) is 42.7. The molecule has 1 saturated carbocycles. The van der Waals surface area contributed by atoms with E-state index in [0.717, 1.165) is 74.8 Å². The third kappa shape index (κ3) is 10.9. The van der Waals surface area contributed by atoms with Gasteiger partial charge in [-0.05, 0) is 75.1 Å². The van der Waals surface area contributed by atoms with Gasteiger partial charge in [0.05, 0.1) is 63.8 Å². The summed E-state index contributed by atoms with van der Waals surface area (Å²) >= 11 is 0. The Hall–Kier alpha value is -5.37. The number of imide groups is 1. The van der Waals surface area contributed by atoms with Gasteiger partial charge in [0.2, 0.25) is 11.8 Å². The number of ether oxygens (including phenoxy) is 5. The van der Waals surface area contributed by atoms with Crippen molar-refractivity contribution in [1.82, 2.24) is 39.3 Å². The molecule has 19 heteroatoms. The second-order valence-electron chi connectivity index (χ2n) is 15.4. The molecular weight excluding hydrogens is 779 g/mol. The van der Waals surface area contributed by atoms with Gasteiger partial charge in [0.1, 0.15) is 17.8 Å². The Balaban J connectivity index is 0.698. The van der Waals surface area contributed by atoms with E-state index in [1.165, 1.54) is 4.57 Å². The van der Waals surface area contributed by atoms with E-state index in [2.05, 4.69) is 25.9 Å². The van der Waals surface area contributed by atoms with Crippen molar-refractivity contribution in [3.05, 3.63) is 64.0 Å². The van der Waals surface area contributed by atoms with Crippen LogP contribution in [0.5, 0.6) is 0 Å². The molecule has 5 heterocycles. The number of likely N-dealkylation sites (tertiary alicyclic amines) is 1. The van der Waals surface area contributed by atoms with Crippen LogP contribution in [0.15, 0.2) is 41.3 Å². The zero-order chi connectivity index (χ0) is 41.8. The smallest absolute Gasteiger partial charge is 0.410 e. The number of piperidine rings is 1. The number of amides is 4. The van der Waals surface area contributed by atoms with E-state index < -0.39 is 11.9 Å². The zero-order valence-corrected chi connectivity index (χ0v) is 34.1. The lowest BCUT2D eigenvalue weighted by Crippen LogP contribution is -2.44. The maximum atomic E-state index is 13.0. The summed E-state index contributed by atoms with van der Waals surface area (Å²) < 4.78 is 33.0.